The number of aliphatic hydroxyl groups is 1. The molecule has 8 atom stereocenters. The molecule has 0 unspecified atom stereocenters. The van der Waals surface area contributed by atoms with Gasteiger partial charge in [-0.3, -0.25) is 0 Å². The molecule has 0 aromatic heterocycles. The van der Waals surface area contributed by atoms with Gasteiger partial charge in [-0.1, -0.05) is 57.9 Å². The summed E-state index contributed by atoms with van der Waals surface area (Å²) < 4.78 is 0. The van der Waals surface area contributed by atoms with Crippen LogP contribution < -0.4 is 0 Å². The average molecular weight is 413 g/mol. The van der Waals surface area contributed by atoms with Gasteiger partial charge in [0.25, 0.3) is 0 Å². The highest BCUT2D eigenvalue weighted by Gasteiger charge is 2.59. The Bertz CT molecular complexity index is 686. The van der Waals surface area contributed by atoms with Crippen LogP contribution in [0.4, 0.5) is 0 Å². The van der Waals surface area contributed by atoms with Crippen LogP contribution in [-0.4, -0.2) is 11.2 Å². The Morgan fingerprint density at radius 3 is 2.57 bits per heavy atom. The van der Waals surface area contributed by atoms with Gasteiger partial charge < -0.3 is 5.11 Å². The van der Waals surface area contributed by atoms with Gasteiger partial charge in [-0.25, -0.2) is 0 Å². The first-order chi connectivity index (χ1) is 14.2. The molecule has 0 amide bonds. The minimum Gasteiger partial charge on any atom is -0.393 e. The number of rotatable bonds is 5. The summed E-state index contributed by atoms with van der Waals surface area (Å²) in [7, 11) is 0. The summed E-state index contributed by atoms with van der Waals surface area (Å²) in [5, 5.41) is 10.2. The molecule has 0 aromatic rings. The minimum absolute atomic E-state index is 0.0839. The van der Waals surface area contributed by atoms with E-state index in [1.54, 1.807) is 11.1 Å². The third-order valence-corrected chi connectivity index (χ3v) is 10.8. The predicted octanol–water partition coefficient (Wildman–Crippen LogP) is 7.94. The number of hydrogen-bond acceptors (Lipinski definition) is 1. The van der Waals surface area contributed by atoms with E-state index in [1.807, 2.05) is 0 Å². The van der Waals surface area contributed by atoms with Crippen LogP contribution in [0.1, 0.15) is 106 Å². The molecule has 30 heavy (non-hydrogen) atoms. The Balaban J connectivity index is 1.49. The number of fused-ring (bicyclic) bond motifs is 5. The van der Waals surface area contributed by atoms with E-state index in [0.29, 0.717) is 16.7 Å². The zero-order valence-electron chi connectivity index (χ0n) is 20.7. The summed E-state index contributed by atoms with van der Waals surface area (Å²) in [5.41, 5.74) is 4.21. The highest BCUT2D eigenvalue weighted by atomic mass is 16.3. The van der Waals surface area contributed by atoms with E-state index in [0.717, 1.165) is 42.4 Å². The second-order valence-corrected chi connectivity index (χ2v) is 12.4. The van der Waals surface area contributed by atoms with Gasteiger partial charge in [0.2, 0.25) is 0 Å². The average Bonchev–Trinajstić information content (AvgIpc) is 3.06. The van der Waals surface area contributed by atoms with Crippen molar-refractivity contribution in [3.8, 4) is 0 Å². The van der Waals surface area contributed by atoms with Crippen molar-refractivity contribution in [2.24, 2.45) is 46.3 Å². The zero-order chi connectivity index (χ0) is 21.7. The van der Waals surface area contributed by atoms with E-state index in [9.17, 15) is 5.11 Å². The molecule has 4 rings (SSSR count). The van der Waals surface area contributed by atoms with Gasteiger partial charge in [0.15, 0.2) is 0 Å². The molecule has 0 heterocycles. The fourth-order valence-corrected chi connectivity index (χ4v) is 8.98. The van der Waals surface area contributed by atoms with E-state index in [1.165, 1.54) is 51.4 Å². The molecular weight excluding hydrogens is 364 g/mol. The molecule has 0 saturated heterocycles. The molecule has 170 valence electrons. The molecular formula is C29H48O. The van der Waals surface area contributed by atoms with Crippen LogP contribution in [0, 0.1) is 46.3 Å². The summed E-state index contributed by atoms with van der Waals surface area (Å²) >= 11 is 0. The minimum atomic E-state index is -0.0839. The van der Waals surface area contributed by atoms with Crippen molar-refractivity contribution >= 4 is 0 Å². The van der Waals surface area contributed by atoms with Crippen LogP contribution in [0.2, 0.25) is 0 Å². The molecule has 1 N–H and O–H groups in total. The van der Waals surface area contributed by atoms with Crippen LogP contribution in [0.25, 0.3) is 0 Å². The zero-order valence-corrected chi connectivity index (χ0v) is 20.7. The van der Waals surface area contributed by atoms with E-state index >= 15 is 0 Å². The van der Waals surface area contributed by atoms with Crippen LogP contribution in [0.15, 0.2) is 23.3 Å². The highest BCUT2D eigenvalue weighted by molar-refractivity contribution is 5.25. The monoisotopic (exact) mass is 412 g/mol. The summed E-state index contributed by atoms with van der Waals surface area (Å²) in [6, 6.07) is 0. The van der Waals surface area contributed by atoms with Crippen molar-refractivity contribution in [1.29, 1.82) is 0 Å². The maximum absolute atomic E-state index is 10.2. The molecule has 1 heteroatoms. The third-order valence-electron chi connectivity index (χ3n) is 10.8. The summed E-state index contributed by atoms with van der Waals surface area (Å²) in [4.78, 5) is 0. The molecule has 4 aliphatic rings. The van der Waals surface area contributed by atoms with E-state index in [4.69, 9.17) is 0 Å². The molecule has 0 bridgehead atoms. The molecule has 4 aliphatic carbocycles. The van der Waals surface area contributed by atoms with Crippen molar-refractivity contribution in [1.82, 2.24) is 0 Å². The standard InChI is InChI=1S/C29H48O/c1-7-21(19(2)3)9-8-20(4)25-12-13-26-24-11-10-22-18-23(30)14-16-28(22,5)27(24)15-17-29(25,26)6/h7,10,19-20,23-27,30H,8-9,11-18H2,1-6H3/b21-7+/t20-,23+,24-,25+,26-,27-,28-,29+/m0/s1. The SMILES string of the molecule is C/C=C(\CC[C@H](C)[C@H]1CC[C@H]2[C@@H]3CC=C4C[C@H](O)CC[C@]4(C)[C@H]3CC[C@]12C)C(C)C. The van der Waals surface area contributed by atoms with Crippen molar-refractivity contribution < 1.29 is 5.11 Å². The van der Waals surface area contributed by atoms with Crippen molar-refractivity contribution in [3.05, 3.63) is 23.3 Å². The van der Waals surface area contributed by atoms with Crippen molar-refractivity contribution in [2.75, 3.05) is 0 Å². The lowest BCUT2D eigenvalue weighted by atomic mass is 9.47. The molecule has 0 spiro atoms. The molecule has 0 aromatic carbocycles. The van der Waals surface area contributed by atoms with Gasteiger partial charge in [-0.15, -0.1) is 0 Å². The molecule has 0 aliphatic heterocycles. The van der Waals surface area contributed by atoms with E-state index in [2.05, 4.69) is 53.7 Å². The topological polar surface area (TPSA) is 20.2 Å². The quantitative estimate of drug-likeness (QED) is 0.454. The van der Waals surface area contributed by atoms with Crippen LogP contribution in [-0.2, 0) is 0 Å². The maximum Gasteiger partial charge on any atom is 0.0577 e. The van der Waals surface area contributed by atoms with Gasteiger partial charge >= 0.3 is 0 Å². The molecule has 0 radical (unpaired) electrons. The second-order valence-electron chi connectivity index (χ2n) is 12.4. The van der Waals surface area contributed by atoms with Gasteiger partial charge in [0.05, 0.1) is 6.10 Å². The molecule has 1 nitrogen and oxygen atoms in total. The van der Waals surface area contributed by atoms with Crippen molar-refractivity contribution in [3.63, 3.8) is 0 Å². The first kappa shape index (κ1) is 22.6. The second kappa shape index (κ2) is 8.42. The lowest BCUT2D eigenvalue weighted by Gasteiger charge is -2.58. The smallest absolute Gasteiger partial charge is 0.0577 e. The highest BCUT2D eigenvalue weighted by Crippen LogP contribution is 2.67. The van der Waals surface area contributed by atoms with Gasteiger partial charge in [0.1, 0.15) is 0 Å². The van der Waals surface area contributed by atoms with Crippen LogP contribution in [0.3, 0.4) is 0 Å². The normalized spacial score (nSPS) is 44.9. The number of allylic oxidation sites excluding steroid dienone is 3. The predicted molar refractivity (Wildman–Crippen MR) is 128 cm³/mol. The van der Waals surface area contributed by atoms with Gasteiger partial charge in [-0.05, 0) is 117 Å². The first-order valence-corrected chi connectivity index (χ1v) is 13.2. The summed E-state index contributed by atoms with van der Waals surface area (Å²) in [5.74, 6) is 5.15. The summed E-state index contributed by atoms with van der Waals surface area (Å²) in [6.07, 6.45) is 17.8. The lowest BCUT2D eigenvalue weighted by molar-refractivity contribution is -0.0571. The first-order valence-electron chi connectivity index (χ1n) is 13.2. The third kappa shape index (κ3) is 3.66. The van der Waals surface area contributed by atoms with Crippen molar-refractivity contribution in [2.45, 2.75) is 112 Å². The van der Waals surface area contributed by atoms with Crippen LogP contribution in [0.5, 0.6) is 0 Å². The lowest BCUT2D eigenvalue weighted by Crippen LogP contribution is -2.50. The maximum atomic E-state index is 10.2. The number of hydrogen-bond donors (Lipinski definition) is 1. The van der Waals surface area contributed by atoms with Crippen LogP contribution >= 0.6 is 0 Å². The Kier molecular flexibility index (Phi) is 6.35. The van der Waals surface area contributed by atoms with E-state index < -0.39 is 0 Å². The summed E-state index contributed by atoms with van der Waals surface area (Å²) in [6.45, 7) is 14.7. The Morgan fingerprint density at radius 2 is 1.87 bits per heavy atom. The fraction of sp³-hybridized carbons (Fsp3) is 0.862. The fourth-order valence-electron chi connectivity index (χ4n) is 8.98. The van der Waals surface area contributed by atoms with E-state index in [-0.39, 0.29) is 6.10 Å². The number of aliphatic hydroxyl groups excluding tert-OH is 1. The Morgan fingerprint density at radius 1 is 1.10 bits per heavy atom. The Hall–Kier alpha value is -0.560. The molecule has 3 saturated carbocycles. The van der Waals surface area contributed by atoms with Gasteiger partial charge in [-0.2, -0.15) is 0 Å². The van der Waals surface area contributed by atoms with Gasteiger partial charge in [0, 0.05) is 0 Å². The molecule has 3 fully saturated rings. The largest absolute Gasteiger partial charge is 0.393 e. The Labute approximate surface area is 186 Å².